The normalized spacial score (nSPS) is 27.5. The van der Waals surface area contributed by atoms with Gasteiger partial charge < -0.3 is 5.32 Å². The highest BCUT2D eigenvalue weighted by atomic mass is 16.1. The molecule has 0 fully saturated rings. The first kappa shape index (κ1) is 19.8. The lowest BCUT2D eigenvalue weighted by Gasteiger charge is -2.45. The lowest BCUT2D eigenvalue weighted by molar-refractivity contribution is -0.645. The minimum absolute atomic E-state index is 0.0319. The van der Waals surface area contributed by atoms with Crippen LogP contribution in [0.2, 0.25) is 0 Å². The summed E-state index contributed by atoms with van der Waals surface area (Å²) in [4.78, 5) is 22.9. The molecule has 3 aliphatic rings. The first-order chi connectivity index (χ1) is 15.0. The van der Waals surface area contributed by atoms with Gasteiger partial charge in [-0.15, -0.1) is 0 Å². The van der Waals surface area contributed by atoms with Crippen molar-refractivity contribution in [1.29, 1.82) is 5.26 Å². The standard InChI is InChI=1S/C26H26N4O/c1-16-21-11-10-20-22(17-7-4-3-5-8-17)29-25(18-9-6-12-28-15-18)30-24(20)26(21,2)13-19(14-27)23(16)31/h3-5,7-9,13,16,21,28H,6,10-12,15H2,1-2H3/p+1. The molecule has 1 aromatic carbocycles. The number of nitrogens with zero attached hydrogens (tertiary/aromatic N) is 3. The smallest absolute Gasteiger partial charge is 0.176 e. The number of nitriles is 1. The van der Waals surface area contributed by atoms with E-state index in [1.807, 2.05) is 31.2 Å². The van der Waals surface area contributed by atoms with E-state index >= 15 is 0 Å². The van der Waals surface area contributed by atoms with E-state index in [0.717, 1.165) is 60.7 Å². The zero-order valence-corrected chi connectivity index (χ0v) is 18.1. The second-order valence-electron chi connectivity index (χ2n) is 9.14. The predicted octanol–water partition coefficient (Wildman–Crippen LogP) is 2.98. The summed E-state index contributed by atoms with van der Waals surface area (Å²) in [6.07, 6.45) is 6.90. The average Bonchev–Trinajstić information content (AvgIpc) is 2.82. The van der Waals surface area contributed by atoms with Crippen LogP contribution in [0.15, 0.2) is 48.1 Å². The van der Waals surface area contributed by atoms with Crippen LogP contribution in [0.1, 0.15) is 43.8 Å². The monoisotopic (exact) mass is 411 g/mol. The van der Waals surface area contributed by atoms with Crippen LogP contribution in [0.3, 0.4) is 0 Å². The van der Waals surface area contributed by atoms with Crippen LogP contribution in [0.4, 0.5) is 0 Å². The summed E-state index contributed by atoms with van der Waals surface area (Å²) in [5, 5.41) is 11.9. The molecule has 0 saturated heterocycles. The van der Waals surface area contributed by atoms with Gasteiger partial charge in [0.15, 0.2) is 11.6 Å². The fraction of sp³-hybridized carbons (Fsp3) is 0.385. The molecule has 0 radical (unpaired) electrons. The van der Waals surface area contributed by atoms with Gasteiger partial charge >= 0.3 is 0 Å². The molecule has 0 spiro atoms. The van der Waals surface area contributed by atoms with Gasteiger partial charge in [-0.2, -0.15) is 5.26 Å². The van der Waals surface area contributed by atoms with E-state index in [1.54, 1.807) is 0 Å². The number of carbonyl (C=O) groups is 1. The molecule has 1 aliphatic heterocycles. The quantitative estimate of drug-likeness (QED) is 0.824. The van der Waals surface area contributed by atoms with Crippen molar-refractivity contribution in [3.63, 3.8) is 0 Å². The summed E-state index contributed by atoms with van der Waals surface area (Å²) in [6, 6.07) is 12.5. The molecule has 0 bridgehead atoms. The largest absolute Gasteiger partial charge is 0.342 e. The molecule has 0 amide bonds. The van der Waals surface area contributed by atoms with Crippen LogP contribution < -0.4 is 5.32 Å². The molecule has 1 aromatic heterocycles. The van der Waals surface area contributed by atoms with Gasteiger partial charge in [0.05, 0.1) is 23.5 Å². The molecule has 2 N–H and O–H groups in total. The second-order valence-corrected chi connectivity index (χ2v) is 9.14. The van der Waals surface area contributed by atoms with Gasteiger partial charge in [0.25, 0.3) is 0 Å². The highest BCUT2D eigenvalue weighted by Gasteiger charge is 2.49. The van der Waals surface area contributed by atoms with E-state index in [-0.39, 0.29) is 23.2 Å². The molecule has 3 atom stereocenters. The highest BCUT2D eigenvalue weighted by molar-refractivity contribution is 6.02. The van der Waals surface area contributed by atoms with Crippen LogP contribution in [-0.2, 0) is 16.6 Å². The van der Waals surface area contributed by atoms with Crippen molar-refractivity contribution in [2.24, 2.45) is 11.8 Å². The molecule has 5 rings (SSSR count). The molecule has 3 unspecified atom stereocenters. The number of carbonyl (C=O) groups excluding carboxylic acids is 1. The van der Waals surface area contributed by atoms with Crippen LogP contribution in [0, 0.1) is 23.2 Å². The Kier molecular flexibility index (Phi) is 4.83. The van der Waals surface area contributed by atoms with Crippen LogP contribution in [-0.4, -0.2) is 28.8 Å². The number of allylic oxidation sites excluding steroid dienone is 2. The Balaban J connectivity index is 1.78. The number of benzene rings is 1. The molecular weight excluding hydrogens is 384 g/mol. The fourth-order valence-electron chi connectivity index (χ4n) is 5.65. The van der Waals surface area contributed by atoms with Gasteiger partial charge in [-0.25, -0.2) is 9.97 Å². The summed E-state index contributed by atoms with van der Waals surface area (Å²) in [5.41, 5.74) is 5.21. The number of Topliss-reactive ketones (excluding diaryl/α,β-unsaturated/α-hetero) is 1. The van der Waals surface area contributed by atoms with Crippen molar-refractivity contribution in [2.45, 2.75) is 38.5 Å². The first-order valence-corrected chi connectivity index (χ1v) is 11.2. The third-order valence-electron chi connectivity index (χ3n) is 7.30. The average molecular weight is 412 g/mol. The maximum absolute atomic E-state index is 12.7. The Morgan fingerprint density at radius 1 is 1.23 bits per heavy atom. The van der Waals surface area contributed by atoms with E-state index in [4.69, 9.17) is 9.97 Å². The van der Waals surface area contributed by atoms with Gasteiger partial charge in [0.2, 0.25) is 0 Å². The van der Waals surface area contributed by atoms with Crippen molar-refractivity contribution in [2.75, 3.05) is 13.1 Å². The molecule has 0 saturated carbocycles. The number of rotatable bonds is 2. The third kappa shape index (κ3) is 3.14. The summed E-state index contributed by atoms with van der Waals surface area (Å²) in [7, 11) is 0. The summed E-state index contributed by atoms with van der Waals surface area (Å²) in [5.74, 6) is 0.712. The minimum atomic E-state index is -0.452. The molecule has 2 aliphatic carbocycles. The van der Waals surface area contributed by atoms with E-state index in [9.17, 15) is 10.1 Å². The molecule has 2 aromatic rings. The number of quaternary nitrogens is 1. The second kappa shape index (κ2) is 7.55. The molecule has 2 heterocycles. The summed E-state index contributed by atoms with van der Waals surface area (Å²) >= 11 is 0. The maximum Gasteiger partial charge on any atom is 0.176 e. The van der Waals surface area contributed by atoms with E-state index in [2.05, 4.69) is 36.5 Å². The Morgan fingerprint density at radius 3 is 2.74 bits per heavy atom. The molecule has 5 heteroatoms. The fourth-order valence-corrected chi connectivity index (χ4v) is 5.65. The Labute approximate surface area is 182 Å². The lowest BCUT2D eigenvalue weighted by Crippen LogP contribution is -2.85. The van der Waals surface area contributed by atoms with Gasteiger partial charge in [0, 0.05) is 34.5 Å². The number of ketones is 1. The van der Waals surface area contributed by atoms with E-state index in [0.29, 0.717) is 0 Å². The number of aromatic nitrogens is 2. The van der Waals surface area contributed by atoms with Gasteiger partial charge in [0.1, 0.15) is 12.6 Å². The Bertz CT molecular complexity index is 1160. The number of hydrogen-bond donors (Lipinski definition) is 1. The topological polar surface area (TPSA) is 83.2 Å². The number of nitrogens with two attached hydrogens (primary N) is 1. The van der Waals surface area contributed by atoms with E-state index in [1.165, 1.54) is 5.57 Å². The molecule has 5 nitrogen and oxygen atoms in total. The highest BCUT2D eigenvalue weighted by Crippen LogP contribution is 2.50. The van der Waals surface area contributed by atoms with Crippen molar-refractivity contribution in [3.8, 4) is 17.3 Å². The molecular formula is C26H27N4O+. The van der Waals surface area contributed by atoms with Crippen molar-refractivity contribution >= 4 is 11.4 Å². The third-order valence-corrected chi connectivity index (χ3v) is 7.30. The van der Waals surface area contributed by atoms with Gasteiger partial charge in [-0.3, -0.25) is 4.79 Å². The lowest BCUT2D eigenvalue weighted by atomic mass is 9.57. The Hall–Kier alpha value is -3.10. The molecule has 31 heavy (non-hydrogen) atoms. The minimum Gasteiger partial charge on any atom is -0.342 e. The predicted molar refractivity (Wildman–Crippen MR) is 119 cm³/mol. The van der Waals surface area contributed by atoms with Crippen LogP contribution in [0.5, 0.6) is 0 Å². The maximum atomic E-state index is 12.7. The van der Waals surface area contributed by atoms with Gasteiger partial charge in [-0.05, 0) is 18.8 Å². The zero-order valence-electron chi connectivity index (χ0n) is 18.1. The van der Waals surface area contributed by atoms with Crippen LogP contribution in [0.25, 0.3) is 16.8 Å². The SMILES string of the molecule is CC1C(=O)C(C#N)=CC2(C)c3nc(C4=CCC[NH2+]C4)nc(-c4ccccc4)c3CCC12. The van der Waals surface area contributed by atoms with E-state index < -0.39 is 5.41 Å². The van der Waals surface area contributed by atoms with Gasteiger partial charge in [-0.1, -0.05) is 56.3 Å². The number of fused-ring (bicyclic) bond motifs is 3. The zero-order chi connectivity index (χ0) is 21.6. The number of hydrogen-bond acceptors (Lipinski definition) is 4. The van der Waals surface area contributed by atoms with Crippen molar-refractivity contribution in [1.82, 2.24) is 9.97 Å². The van der Waals surface area contributed by atoms with Crippen molar-refractivity contribution < 1.29 is 10.1 Å². The van der Waals surface area contributed by atoms with Crippen LogP contribution >= 0.6 is 0 Å². The Morgan fingerprint density at radius 2 is 2.03 bits per heavy atom. The summed E-state index contributed by atoms with van der Waals surface area (Å²) in [6.45, 7) is 6.09. The first-order valence-electron chi connectivity index (χ1n) is 11.2. The molecule has 156 valence electrons. The summed E-state index contributed by atoms with van der Waals surface area (Å²) < 4.78 is 0. The van der Waals surface area contributed by atoms with Crippen molar-refractivity contribution in [3.05, 3.63) is 65.1 Å².